The van der Waals surface area contributed by atoms with Gasteiger partial charge in [-0.3, -0.25) is 0 Å². The van der Waals surface area contributed by atoms with E-state index in [1.165, 1.54) is 4.40 Å². The number of hydrogen-bond donors (Lipinski definition) is 2. The molecule has 0 radical (unpaired) electrons. The Kier molecular flexibility index (Phi) is 3.42. The van der Waals surface area contributed by atoms with Crippen molar-refractivity contribution < 1.29 is 9.47 Å². The van der Waals surface area contributed by atoms with Crippen LogP contribution in [0.2, 0.25) is 0 Å². The van der Waals surface area contributed by atoms with Crippen LogP contribution >= 0.6 is 0 Å². The van der Waals surface area contributed by atoms with Crippen molar-refractivity contribution >= 4 is 5.65 Å². The number of nitrogens with zero attached hydrogens (tertiary/aromatic N) is 3. The van der Waals surface area contributed by atoms with Gasteiger partial charge >= 0.3 is 5.69 Å². The third kappa shape index (κ3) is 2.91. The average Bonchev–Trinajstić information content (AvgIpc) is 2.77. The second-order valence-corrected chi connectivity index (χ2v) is 5.81. The van der Waals surface area contributed by atoms with Crippen molar-refractivity contribution in [1.82, 2.24) is 24.9 Å². The minimum absolute atomic E-state index is 0.0338. The molecule has 8 heteroatoms. The third-order valence-corrected chi connectivity index (χ3v) is 3.37. The molecule has 2 aromatic heterocycles. The molecule has 3 rings (SSSR count). The second kappa shape index (κ2) is 5.12. The van der Waals surface area contributed by atoms with Crippen LogP contribution in [0.4, 0.5) is 0 Å². The van der Waals surface area contributed by atoms with E-state index in [1.54, 1.807) is 13.0 Å². The maximum absolute atomic E-state index is 11.5. The topological polar surface area (TPSA) is 93.5 Å². The number of fused-ring (bicyclic) bond motifs is 1. The summed E-state index contributed by atoms with van der Waals surface area (Å²) in [6.45, 7) is 7.77. The van der Waals surface area contributed by atoms with Gasteiger partial charge in [0.1, 0.15) is 18.5 Å². The Balaban J connectivity index is 1.72. The van der Waals surface area contributed by atoms with E-state index in [9.17, 15) is 4.79 Å². The first kappa shape index (κ1) is 14.0. The number of nitrogens with one attached hydrogen (secondary N) is 2. The van der Waals surface area contributed by atoms with Crippen LogP contribution in [0.3, 0.4) is 0 Å². The van der Waals surface area contributed by atoms with Crippen LogP contribution in [0.15, 0.2) is 10.9 Å². The second-order valence-electron chi connectivity index (χ2n) is 5.81. The van der Waals surface area contributed by atoms with Gasteiger partial charge in [-0.15, -0.1) is 0 Å². The molecule has 114 valence electrons. The fourth-order valence-corrected chi connectivity index (χ4v) is 2.48. The summed E-state index contributed by atoms with van der Waals surface area (Å²) in [4.78, 5) is 15.8. The molecule has 1 unspecified atom stereocenters. The Morgan fingerprint density at radius 1 is 1.57 bits per heavy atom. The molecule has 1 aliphatic heterocycles. The number of rotatable bonds is 3. The highest BCUT2D eigenvalue weighted by Crippen LogP contribution is 2.17. The monoisotopic (exact) mass is 293 g/mol. The summed E-state index contributed by atoms with van der Waals surface area (Å²) in [5.74, 6) is 0.968. The molecular weight excluding hydrogens is 274 g/mol. The van der Waals surface area contributed by atoms with E-state index >= 15 is 0 Å². The van der Waals surface area contributed by atoms with Gasteiger partial charge in [-0.25, -0.2) is 14.3 Å². The lowest BCUT2D eigenvalue weighted by molar-refractivity contribution is -0.107. The van der Waals surface area contributed by atoms with Crippen molar-refractivity contribution in [2.75, 3.05) is 19.7 Å². The lowest BCUT2D eigenvalue weighted by Crippen LogP contribution is -2.52. The quantitative estimate of drug-likeness (QED) is 0.819. The van der Waals surface area contributed by atoms with Gasteiger partial charge in [-0.1, -0.05) is 0 Å². The van der Waals surface area contributed by atoms with Gasteiger partial charge in [-0.2, -0.15) is 10.1 Å². The van der Waals surface area contributed by atoms with E-state index < -0.39 is 0 Å². The molecule has 3 heterocycles. The van der Waals surface area contributed by atoms with Crippen molar-refractivity contribution in [1.29, 1.82) is 0 Å². The molecule has 2 N–H and O–H groups in total. The highest BCUT2D eigenvalue weighted by atomic mass is 16.6. The molecule has 1 saturated heterocycles. The Bertz CT molecular complexity index is 705. The lowest BCUT2D eigenvalue weighted by atomic mass is 10.1. The molecule has 0 spiro atoms. The number of hydrogen-bond acceptors (Lipinski definition) is 6. The SMILES string of the molecule is Cc1nc(OCC2CNCC(C)(C)O2)cc2n[nH]c(=O)n12. The van der Waals surface area contributed by atoms with Gasteiger partial charge in [-0.05, 0) is 20.8 Å². The van der Waals surface area contributed by atoms with E-state index in [0.717, 1.165) is 13.1 Å². The summed E-state index contributed by atoms with van der Waals surface area (Å²) in [5.41, 5.74) is -0.0108. The van der Waals surface area contributed by atoms with Crippen LogP contribution in [0.25, 0.3) is 5.65 Å². The Morgan fingerprint density at radius 3 is 3.14 bits per heavy atom. The number of aromatic nitrogens is 4. The zero-order valence-corrected chi connectivity index (χ0v) is 12.3. The zero-order valence-electron chi connectivity index (χ0n) is 12.3. The van der Waals surface area contributed by atoms with Gasteiger partial charge in [0.25, 0.3) is 0 Å². The van der Waals surface area contributed by atoms with Crippen molar-refractivity contribution in [3.63, 3.8) is 0 Å². The van der Waals surface area contributed by atoms with Crippen LogP contribution in [-0.4, -0.2) is 51.0 Å². The van der Waals surface area contributed by atoms with Crippen LogP contribution in [0.1, 0.15) is 19.7 Å². The maximum atomic E-state index is 11.5. The molecule has 0 saturated carbocycles. The van der Waals surface area contributed by atoms with E-state index in [4.69, 9.17) is 9.47 Å². The van der Waals surface area contributed by atoms with E-state index in [2.05, 4.69) is 20.5 Å². The number of ether oxygens (including phenoxy) is 2. The Labute approximate surface area is 121 Å². The fraction of sp³-hybridized carbons (Fsp3) is 0.615. The smallest absolute Gasteiger partial charge is 0.349 e. The first-order chi connectivity index (χ1) is 9.94. The molecule has 1 atom stereocenters. The largest absolute Gasteiger partial charge is 0.475 e. The highest BCUT2D eigenvalue weighted by molar-refractivity contribution is 5.40. The van der Waals surface area contributed by atoms with Crippen molar-refractivity contribution in [2.45, 2.75) is 32.5 Å². The number of aryl methyl sites for hydroxylation is 1. The summed E-state index contributed by atoms with van der Waals surface area (Å²) in [7, 11) is 0. The van der Waals surface area contributed by atoms with Crippen LogP contribution in [-0.2, 0) is 4.74 Å². The first-order valence-electron chi connectivity index (χ1n) is 6.91. The average molecular weight is 293 g/mol. The van der Waals surface area contributed by atoms with Gasteiger partial charge in [0.15, 0.2) is 5.65 Å². The van der Waals surface area contributed by atoms with E-state index in [1.807, 2.05) is 13.8 Å². The van der Waals surface area contributed by atoms with Gasteiger partial charge in [0.05, 0.1) is 5.60 Å². The van der Waals surface area contributed by atoms with Crippen LogP contribution in [0.5, 0.6) is 5.88 Å². The number of aromatic amines is 1. The van der Waals surface area contributed by atoms with Crippen LogP contribution in [0, 0.1) is 6.92 Å². The van der Waals surface area contributed by atoms with Crippen molar-refractivity contribution in [2.24, 2.45) is 0 Å². The van der Waals surface area contributed by atoms with Gasteiger partial charge < -0.3 is 14.8 Å². The summed E-state index contributed by atoms with van der Waals surface area (Å²) in [6, 6.07) is 1.63. The summed E-state index contributed by atoms with van der Waals surface area (Å²) >= 11 is 0. The first-order valence-corrected chi connectivity index (χ1v) is 6.91. The van der Waals surface area contributed by atoms with Crippen molar-refractivity contribution in [3.05, 3.63) is 22.4 Å². The lowest BCUT2D eigenvalue weighted by Gasteiger charge is -2.36. The molecule has 1 fully saturated rings. The molecule has 2 aromatic rings. The minimum Gasteiger partial charge on any atom is -0.475 e. The van der Waals surface area contributed by atoms with Crippen molar-refractivity contribution in [3.8, 4) is 5.88 Å². The summed E-state index contributed by atoms with van der Waals surface area (Å²) in [5, 5.41) is 9.63. The predicted octanol–water partition coefficient (Wildman–Crippen LogP) is -0.128. The van der Waals surface area contributed by atoms with Gasteiger partial charge in [0, 0.05) is 19.2 Å². The summed E-state index contributed by atoms with van der Waals surface area (Å²) in [6.07, 6.45) is -0.0338. The molecule has 0 bridgehead atoms. The van der Waals surface area contributed by atoms with E-state index in [0.29, 0.717) is 24.0 Å². The maximum Gasteiger partial charge on any atom is 0.349 e. The fourth-order valence-electron chi connectivity index (χ4n) is 2.48. The number of morpholine rings is 1. The third-order valence-electron chi connectivity index (χ3n) is 3.37. The Hall–Kier alpha value is -1.93. The molecule has 0 aliphatic carbocycles. The highest BCUT2D eigenvalue weighted by Gasteiger charge is 2.28. The van der Waals surface area contributed by atoms with E-state index in [-0.39, 0.29) is 17.4 Å². The summed E-state index contributed by atoms with van der Waals surface area (Å²) < 4.78 is 13.0. The Morgan fingerprint density at radius 2 is 2.38 bits per heavy atom. The number of H-pyrrole nitrogens is 1. The van der Waals surface area contributed by atoms with Gasteiger partial charge in [0.2, 0.25) is 5.88 Å². The minimum atomic E-state index is -0.303. The zero-order chi connectivity index (χ0) is 15.0. The molecule has 1 aliphatic rings. The molecule has 8 nitrogen and oxygen atoms in total. The normalized spacial score (nSPS) is 21.6. The standard InChI is InChI=1S/C13H19N5O3/c1-8-15-11(4-10-16-17-12(19)18(8)10)20-6-9-5-14-7-13(2,3)21-9/h4,9,14H,5-7H2,1-3H3,(H,17,19). The molecule has 21 heavy (non-hydrogen) atoms. The molecule has 0 amide bonds. The molecular formula is C13H19N5O3. The predicted molar refractivity (Wildman–Crippen MR) is 75.7 cm³/mol. The molecule has 0 aromatic carbocycles. The van der Waals surface area contributed by atoms with Crippen LogP contribution < -0.4 is 15.7 Å².